The summed E-state index contributed by atoms with van der Waals surface area (Å²) in [5.74, 6) is 0.941. The summed E-state index contributed by atoms with van der Waals surface area (Å²) >= 11 is 0. The molecule has 0 unspecified atom stereocenters. The third-order valence-electron chi connectivity index (χ3n) is 4.94. The molecule has 1 aromatic heterocycles. The first-order valence-electron chi connectivity index (χ1n) is 9.91. The molecule has 1 heterocycles. The number of aromatic hydroxyl groups is 1. The molecule has 1 amide bonds. The summed E-state index contributed by atoms with van der Waals surface area (Å²) in [6, 6.07) is 18.6. The SMILES string of the molecule is CCNc1ccc(-c2cccc(C(=O)N(Cc3cccc(O)c3)C3CC3)c2)nn1. The van der Waals surface area contributed by atoms with Gasteiger partial charge in [-0.2, -0.15) is 0 Å². The van der Waals surface area contributed by atoms with E-state index in [4.69, 9.17) is 0 Å². The molecular weight excluding hydrogens is 364 g/mol. The zero-order chi connectivity index (χ0) is 20.2. The van der Waals surface area contributed by atoms with Crippen molar-refractivity contribution in [3.05, 3.63) is 71.8 Å². The Morgan fingerprint density at radius 3 is 2.62 bits per heavy atom. The van der Waals surface area contributed by atoms with E-state index in [1.807, 2.05) is 54.3 Å². The molecule has 29 heavy (non-hydrogen) atoms. The van der Waals surface area contributed by atoms with E-state index in [0.29, 0.717) is 12.1 Å². The highest BCUT2D eigenvalue weighted by Crippen LogP contribution is 2.31. The monoisotopic (exact) mass is 388 g/mol. The maximum atomic E-state index is 13.3. The van der Waals surface area contributed by atoms with Gasteiger partial charge in [0.25, 0.3) is 5.91 Å². The summed E-state index contributed by atoms with van der Waals surface area (Å²) in [5.41, 5.74) is 3.14. The average molecular weight is 388 g/mol. The molecular formula is C23H24N4O2. The second-order valence-electron chi connectivity index (χ2n) is 7.25. The number of carbonyl (C=O) groups is 1. The summed E-state index contributed by atoms with van der Waals surface area (Å²) in [6.45, 7) is 3.28. The van der Waals surface area contributed by atoms with Gasteiger partial charge in [-0.3, -0.25) is 4.79 Å². The Morgan fingerprint density at radius 1 is 1.10 bits per heavy atom. The fraction of sp³-hybridized carbons (Fsp3) is 0.261. The number of amides is 1. The highest BCUT2D eigenvalue weighted by Gasteiger charge is 2.33. The van der Waals surface area contributed by atoms with Gasteiger partial charge in [0, 0.05) is 30.3 Å². The second kappa shape index (κ2) is 8.31. The Kier molecular flexibility index (Phi) is 5.42. The third kappa shape index (κ3) is 4.54. The molecule has 6 nitrogen and oxygen atoms in total. The van der Waals surface area contributed by atoms with E-state index in [-0.39, 0.29) is 17.7 Å². The Hall–Kier alpha value is -3.41. The average Bonchev–Trinajstić information content (AvgIpc) is 3.58. The number of hydrogen-bond acceptors (Lipinski definition) is 5. The molecule has 2 aromatic carbocycles. The van der Waals surface area contributed by atoms with E-state index in [0.717, 1.165) is 42.0 Å². The molecule has 0 saturated heterocycles. The Morgan fingerprint density at radius 2 is 1.93 bits per heavy atom. The predicted molar refractivity (Wildman–Crippen MR) is 113 cm³/mol. The second-order valence-corrected chi connectivity index (χ2v) is 7.25. The van der Waals surface area contributed by atoms with Crippen LogP contribution in [0.2, 0.25) is 0 Å². The van der Waals surface area contributed by atoms with E-state index in [2.05, 4.69) is 15.5 Å². The van der Waals surface area contributed by atoms with Crippen LogP contribution in [0.4, 0.5) is 5.82 Å². The van der Waals surface area contributed by atoms with Crippen LogP contribution in [0.5, 0.6) is 5.75 Å². The van der Waals surface area contributed by atoms with Gasteiger partial charge < -0.3 is 15.3 Å². The first-order chi connectivity index (χ1) is 14.1. The maximum absolute atomic E-state index is 13.3. The van der Waals surface area contributed by atoms with Crippen molar-refractivity contribution < 1.29 is 9.90 Å². The summed E-state index contributed by atoms with van der Waals surface area (Å²) < 4.78 is 0. The van der Waals surface area contributed by atoms with E-state index < -0.39 is 0 Å². The van der Waals surface area contributed by atoms with Gasteiger partial charge in [0.15, 0.2) is 0 Å². The van der Waals surface area contributed by atoms with E-state index in [1.165, 1.54) is 0 Å². The molecule has 3 aromatic rings. The number of nitrogens with zero attached hydrogens (tertiary/aromatic N) is 3. The molecule has 0 aliphatic heterocycles. The molecule has 6 heteroatoms. The highest BCUT2D eigenvalue weighted by molar-refractivity contribution is 5.95. The van der Waals surface area contributed by atoms with Gasteiger partial charge in [0.1, 0.15) is 11.6 Å². The number of benzene rings is 2. The molecule has 2 N–H and O–H groups in total. The quantitative estimate of drug-likeness (QED) is 0.637. The van der Waals surface area contributed by atoms with Crippen LogP contribution in [0.15, 0.2) is 60.7 Å². The smallest absolute Gasteiger partial charge is 0.254 e. The number of phenolic OH excluding ortho intramolecular Hbond substituents is 1. The molecule has 148 valence electrons. The lowest BCUT2D eigenvalue weighted by Crippen LogP contribution is -2.32. The van der Waals surface area contributed by atoms with Gasteiger partial charge in [-0.1, -0.05) is 24.3 Å². The van der Waals surface area contributed by atoms with Crippen molar-refractivity contribution in [3.63, 3.8) is 0 Å². The fourth-order valence-electron chi connectivity index (χ4n) is 3.34. The largest absolute Gasteiger partial charge is 0.508 e. The van der Waals surface area contributed by atoms with Crippen molar-refractivity contribution in [3.8, 4) is 17.0 Å². The minimum atomic E-state index is -0.00470. The van der Waals surface area contributed by atoms with E-state index in [9.17, 15) is 9.90 Å². The van der Waals surface area contributed by atoms with Crippen molar-refractivity contribution in [2.24, 2.45) is 0 Å². The zero-order valence-corrected chi connectivity index (χ0v) is 16.4. The molecule has 4 rings (SSSR count). The number of phenols is 1. The number of anilines is 1. The number of nitrogens with one attached hydrogen (secondary N) is 1. The molecule has 1 fully saturated rings. The van der Waals surface area contributed by atoms with Crippen LogP contribution in [0, 0.1) is 0 Å². The van der Waals surface area contributed by atoms with Gasteiger partial charge in [-0.05, 0) is 61.7 Å². The minimum absolute atomic E-state index is 0.00470. The Balaban J connectivity index is 1.56. The molecule has 0 bridgehead atoms. The molecule has 1 aliphatic rings. The van der Waals surface area contributed by atoms with Gasteiger partial charge in [-0.15, -0.1) is 10.2 Å². The number of aromatic nitrogens is 2. The summed E-state index contributed by atoms with van der Waals surface area (Å²) in [7, 11) is 0. The topological polar surface area (TPSA) is 78.4 Å². The lowest BCUT2D eigenvalue weighted by atomic mass is 10.1. The first-order valence-corrected chi connectivity index (χ1v) is 9.91. The van der Waals surface area contributed by atoms with E-state index in [1.54, 1.807) is 18.2 Å². The van der Waals surface area contributed by atoms with Crippen LogP contribution in [0.3, 0.4) is 0 Å². The zero-order valence-electron chi connectivity index (χ0n) is 16.4. The van der Waals surface area contributed by atoms with E-state index >= 15 is 0 Å². The summed E-state index contributed by atoms with van der Waals surface area (Å²) in [6.07, 6.45) is 2.03. The molecule has 1 aliphatic carbocycles. The van der Waals surface area contributed by atoms with Crippen molar-refractivity contribution in [1.29, 1.82) is 0 Å². The number of carbonyl (C=O) groups excluding carboxylic acids is 1. The Bertz CT molecular complexity index is 1000. The van der Waals surface area contributed by atoms with Crippen molar-refractivity contribution in [2.75, 3.05) is 11.9 Å². The Labute approximate surface area is 170 Å². The maximum Gasteiger partial charge on any atom is 0.254 e. The summed E-state index contributed by atoms with van der Waals surface area (Å²) in [4.78, 5) is 15.2. The normalized spacial score (nSPS) is 13.1. The lowest BCUT2D eigenvalue weighted by Gasteiger charge is -2.23. The predicted octanol–water partition coefficient (Wildman–Crippen LogP) is 4.09. The van der Waals surface area contributed by atoms with Gasteiger partial charge in [-0.25, -0.2) is 0 Å². The molecule has 0 radical (unpaired) electrons. The van der Waals surface area contributed by atoms with Crippen molar-refractivity contribution in [1.82, 2.24) is 15.1 Å². The van der Waals surface area contributed by atoms with Gasteiger partial charge in [0.05, 0.1) is 5.69 Å². The molecule has 0 spiro atoms. The summed E-state index contributed by atoms with van der Waals surface area (Å²) in [5, 5.41) is 21.3. The molecule has 0 atom stereocenters. The number of hydrogen-bond donors (Lipinski definition) is 2. The molecule has 1 saturated carbocycles. The van der Waals surface area contributed by atoms with Gasteiger partial charge >= 0.3 is 0 Å². The van der Waals surface area contributed by atoms with Crippen LogP contribution < -0.4 is 5.32 Å². The van der Waals surface area contributed by atoms with Crippen molar-refractivity contribution >= 4 is 11.7 Å². The highest BCUT2D eigenvalue weighted by atomic mass is 16.3. The minimum Gasteiger partial charge on any atom is -0.508 e. The standard InChI is InChI=1S/C23H24N4O2/c1-2-24-22-12-11-21(25-26-22)17-6-4-7-18(14-17)23(29)27(19-9-10-19)15-16-5-3-8-20(28)13-16/h3-8,11-14,19,28H,2,9-10,15H2,1H3,(H,24,26). The fourth-order valence-corrected chi connectivity index (χ4v) is 3.34. The van der Waals surface area contributed by atoms with Crippen LogP contribution in [-0.4, -0.2) is 38.7 Å². The first kappa shape index (κ1) is 18.9. The van der Waals surface area contributed by atoms with Crippen LogP contribution in [-0.2, 0) is 6.54 Å². The van der Waals surface area contributed by atoms with Crippen molar-refractivity contribution in [2.45, 2.75) is 32.4 Å². The van der Waals surface area contributed by atoms with Crippen LogP contribution in [0.25, 0.3) is 11.3 Å². The van der Waals surface area contributed by atoms with Gasteiger partial charge in [0.2, 0.25) is 0 Å². The lowest BCUT2D eigenvalue weighted by molar-refractivity contribution is 0.0730. The number of rotatable bonds is 7. The third-order valence-corrected chi connectivity index (χ3v) is 4.94. The van der Waals surface area contributed by atoms with Crippen LogP contribution in [0.1, 0.15) is 35.7 Å². The van der Waals surface area contributed by atoms with Crippen LogP contribution >= 0.6 is 0 Å².